The second-order valence-corrected chi connectivity index (χ2v) is 4.77. The van der Waals surface area contributed by atoms with Gasteiger partial charge in [0, 0.05) is 32.4 Å². The van der Waals surface area contributed by atoms with Gasteiger partial charge in [-0.25, -0.2) is 9.59 Å². The van der Waals surface area contributed by atoms with Crippen molar-refractivity contribution >= 4 is 17.7 Å². The second-order valence-electron chi connectivity index (χ2n) is 4.77. The van der Waals surface area contributed by atoms with Crippen molar-refractivity contribution in [1.82, 2.24) is 15.5 Å². The Hall–Kier alpha value is -2.24. The molecule has 0 spiro atoms. The Kier molecular flexibility index (Phi) is 5.83. The fraction of sp³-hybridized carbons (Fsp3) is 0.429. The van der Waals surface area contributed by atoms with Gasteiger partial charge < -0.3 is 20.9 Å². The molecule has 0 bridgehead atoms. The van der Waals surface area contributed by atoms with Crippen LogP contribution in [0.2, 0.25) is 0 Å². The van der Waals surface area contributed by atoms with E-state index in [0.29, 0.717) is 12.2 Å². The van der Waals surface area contributed by atoms with Gasteiger partial charge >= 0.3 is 12.1 Å². The number of hydrogen-bond donors (Lipinski definition) is 3. The van der Waals surface area contributed by atoms with Crippen molar-refractivity contribution in [3.8, 4) is 0 Å². The highest BCUT2D eigenvalue weighted by Gasteiger charge is 2.11. The molecule has 4 amide bonds. The average Bonchev–Trinajstić information content (AvgIpc) is 2.44. The first-order valence-electron chi connectivity index (χ1n) is 6.52. The van der Waals surface area contributed by atoms with Crippen LogP contribution in [0.1, 0.15) is 19.4 Å². The summed E-state index contributed by atoms with van der Waals surface area (Å²) < 4.78 is 0. The molecule has 0 saturated carbocycles. The Balaban J connectivity index is 2.64. The monoisotopic (exact) mass is 278 g/mol. The number of rotatable bonds is 4. The number of anilines is 1. The summed E-state index contributed by atoms with van der Waals surface area (Å²) in [5, 5.41) is 8.00. The van der Waals surface area contributed by atoms with Gasteiger partial charge in [-0.15, -0.1) is 0 Å². The van der Waals surface area contributed by atoms with Crippen molar-refractivity contribution in [3.05, 3.63) is 29.8 Å². The topological polar surface area (TPSA) is 73.5 Å². The van der Waals surface area contributed by atoms with Crippen molar-refractivity contribution in [2.45, 2.75) is 26.4 Å². The van der Waals surface area contributed by atoms with E-state index < -0.39 is 0 Å². The molecule has 110 valence electrons. The van der Waals surface area contributed by atoms with Crippen LogP contribution in [0.25, 0.3) is 0 Å². The third-order valence-corrected chi connectivity index (χ3v) is 2.95. The van der Waals surface area contributed by atoms with Crippen molar-refractivity contribution in [3.63, 3.8) is 0 Å². The highest BCUT2D eigenvalue weighted by atomic mass is 16.2. The Morgan fingerprint density at radius 1 is 1.30 bits per heavy atom. The van der Waals surface area contributed by atoms with Crippen LogP contribution in [0.5, 0.6) is 0 Å². The summed E-state index contributed by atoms with van der Waals surface area (Å²) in [7, 11) is 3.31. The van der Waals surface area contributed by atoms with E-state index in [-0.39, 0.29) is 18.1 Å². The smallest absolute Gasteiger partial charge is 0.321 e. The van der Waals surface area contributed by atoms with Gasteiger partial charge in [0.25, 0.3) is 0 Å². The zero-order valence-corrected chi connectivity index (χ0v) is 12.4. The molecule has 1 aromatic rings. The quantitative estimate of drug-likeness (QED) is 0.788. The fourth-order valence-electron chi connectivity index (χ4n) is 1.48. The molecule has 0 heterocycles. The molecule has 6 heteroatoms. The molecule has 0 aromatic heterocycles. The molecule has 0 aliphatic heterocycles. The van der Waals surface area contributed by atoms with Crippen molar-refractivity contribution in [2.24, 2.45) is 0 Å². The van der Waals surface area contributed by atoms with E-state index in [1.165, 1.54) is 0 Å². The highest BCUT2D eigenvalue weighted by molar-refractivity contribution is 5.89. The van der Waals surface area contributed by atoms with Crippen LogP contribution in [-0.2, 0) is 6.54 Å². The third kappa shape index (κ3) is 4.79. The van der Waals surface area contributed by atoms with Crippen LogP contribution < -0.4 is 16.0 Å². The van der Waals surface area contributed by atoms with Crippen LogP contribution in [-0.4, -0.2) is 37.1 Å². The number of benzene rings is 1. The van der Waals surface area contributed by atoms with E-state index in [1.807, 2.05) is 38.1 Å². The SMILES string of the molecule is CNC(=O)NCc1cccc(NC(=O)N(C)C(C)C)c1. The van der Waals surface area contributed by atoms with Crippen LogP contribution in [0.15, 0.2) is 24.3 Å². The van der Waals surface area contributed by atoms with Crippen LogP contribution >= 0.6 is 0 Å². The molecule has 0 aliphatic carbocycles. The lowest BCUT2D eigenvalue weighted by Gasteiger charge is -2.22. The van der Waals surface area contributed by atoms with Gasteiger partial charge in [0.1, 0.15) is 0 Å². The van der Waals surface area contributed by atoms with Gasteiger partial charge in [0.2, 0.25) is 0 Å². The third-order valence-electron chi connectivity index (χ3n) is 2.95. The number of hydrogen-bond acceptors (Lipinski definition) is 2. The number of carbonyl (C=O) groups excluding carboxylic acids is 2. The van der Waals surface area contributed by atoms with E-state index in [1.54, 1.807) is 19.0 Å². The standard InChI is InChI=1S/C14H22N4O2/c1-10(2)18(4)14(20)17-12-7-5-6-11(8-12)9-16-13(19)15-3/h5-8,10H,9H2,1-4H3,(H,17,20)(H2,15,16,19). The molecule has 1 aromatic carbocycles. The Labute approximate surface area is 119 Å². The Morgan fingerprint density at radius 2 is 2.00 bits per heavy atom. The van der Waals surface area contributed by atoms with Crippen molar-refractivity contribution < 1.29 is 9.59 Å². The minimum absolute atomic E-state index is 0.132. The molecule has 3 N–H and O–H groups in total. The zero-order chi connectivity index (χ0) is 15.1. The molecular formula is C14H22N4O2. The predicted octanol–water partition coefficient (Wildman–Crippen LogP) is 1.99. The van der Waals surface area contributed by atoms with E-state index in [0.717, 1.165) is 5.56 Å². The molecule has 0 radical (unpaired) electrons. The highest BCUT2D eigenvalue weighted by Crippen LogP contribution is 2.11. The summed E-state index contributed by atoms with van der Waals surface area (Å²) >= 11 is 0. The van der Waals surface area contributed by atoms with Gasteiger partial charge in [0.15, 0.2) is 0 Å². The number of amides is 4. The normalized spacial score (nSPS) is 10.1. The second kappa shape index (κ2) is 7.37. The predicted molar refractivity (Wildman–Crippen MR) is 79.7 cm³/mol. The lowest BCUT2D eigenvalue weighted by molar-refractivity contribution is 0.211. The summed E-state index contributed by atoms with van der Waals surface area (Å²) in [6.45, 7) is 4.30. The summed E-state index contributed by atoms with van der Waals surface area (Å²) in [5.74, 6) is 0. The molecule has 0 fully saturated rings. The molecule has 6 nitrogen and oxygen atoms in total. The van der Waals surface area contributed by atoms with E-state index in [9.17, 15) is 9.59 Å². The van der Waals surface area contributed by atoms with E-state index in [4.69, 9.17) is 0 Å². The van der Waals surface area contributed by atoms with Crippen molar-refractivity contribution in [2.75, 3.05) is 19.4 Å². The minimum Gasteiger partial charge on any atom is -0.341 e. The minimum atomic E-state index is -0.237. The molecule has 0 atom stereocenters. The summed E-state index contributed by atoms with van der Waals surface area (Å²) in [6.07, 6.45) is 0. The first kappa shape index (κ1) is 15.8. The molecule has 0 aliphatic rings. The van der Waals surface area contributed by atoms with Crippen LogP contribution in [0.4, 0.5) is 15.3 Å². The van der Waals surface area contributed by atoms with Gasteiger partial charge in [-0.3, -0.25) is 0 Å². The van der Waals surface area contributed by atoms with Gasteiger partial charge in [0.05, 0.1) is 0 Å². The first-order valence-corrected chi connectivity index (χ1v) is 6.52. The van der Waals surface area contributed by atoms with Crippen LogP contribution in [0, 0.1) is 0 Å². The van der Waals surface area contributed by atoms with Crippen LogP contribution in [0.3, 0.4) is 0 Å². The largest absolute Gasteiger partial charge is 0.341 e. The maximum Gasteiger partial charge on any atom is 0.321 e. The van der Waals surface area contributed by atoms with Crippen molar-refractivity contribution in [1.29, 1.82) is 0 Å². The molecule has 20 heavy (non-hydrogen) atoms. The average molecular weight is 278 g/mol. The molecule has 0 saturated heterocycles. The Morgan fingerprint density at radius 3 is 2.60 bits per heavy atom. The zero-order valence-electron chi connectivity index (χ0n) is 12.4. The summed E-state index contributed by atoms with van der Waals surface area (Å²) in [5.41, 5.74) is 1.62. The maximum atomic E-state index is 11.9. The Bertz CT molecular complexity index is 474. The van der Waals surface area contributed by atoms with E-state index >= 15 is 0 Å². The van der Waals surface area contributed by atoms with Gasteiger partial charge in [-0.05, 0) is 31.5 Å². The lowest BCUT2D eigenvalue weighted by Crippen LogP contribution is -2.36. The first-order chi connectivity index (χ1) is 9.43. The molecular weight excluding hydrogens is 256 g/mol. The number of carbonyl (C=O) groups is 2. The summed E-state index contributed by atoms with van der Waals surface area (Å²) in [6, 6.07) is 7.12. The van der Waals surface area contributed by atoms with E-state index in [2.05, 4.69) is 16.0 Å². The number of nitrogens with one attached hydrogen (secondary N) is 3. The number of nitrogens with zero attached hydrogens (tertiary/aromatic N) is 1. The lowest BCUT2D eigenvalue weighted by atomic mass is 10.2. The molecule has 0 unspecified atom stereocenters. The van der Waals surface area contributed by atoms with Gasteiger partial charge in [-0.1, -0.05) is 12.1 Å². The summed E-state index contributed by atoms with van der Waals surface area (Å²) in [4.78, 5) is 24.6. The molecule has 1 rings (SSSR count). The number of urea groups is 2. The fourth-order valence-corrected chi connectivity index (χ4v) is 1.48. The van der Waals surface area contributed by atoms with Gasteiger partial charge in [-0.2, -0.15) is 0 Å². The maximum absolute atomic E-state index is 11.9.